The van der Waals surface area contributed by atoms with Crippen LogP contribution in [0.3, 0.4) is 0 Å². The maximum absolute atomic E-state index is 7.08. The molecule has 12 rings (SSSR count). The molecule has 1 unspecified atom stereocenters. The molecule has 2 aliphatic rings. The first-order valence-corrected chi connectivity index (χ1v) is 23.5. The largest absolute Gasteiger partial charge is 0.455 e. The van der Waals surface area contributed by atoms with Crippen molar-refractivity contribution in [3.63, 3.8) is 0 Å². The van der Waals surface area contributed by atoms with Gasteiger partial charge in [-0.2, -0.15) is 0 Å². The summed E-state index contributed by atoms with van der Waals surface area (Å²) in [6.07, 6.45) is 0.846. The van der Waals surface area contributed by atoms with Gasteiger partial charge in [-0.15, -0.1) is 0 Å². The molecule has 2 heterocycles. The molecule has 1 aromatic heterocycles. The monoisotopic (exact) mass is 851 g/mol. The van der Waals surface area contributed by atoms with Gasteiger partial charge in [-0.25, -0.2) is 0 Å². The van der Waals surface area contributed by atoms with Crippen molar-refractivity contribution in [2.45, 2.75) is 64.7 Å². The first kappa shape index (κ1) is 40.1. The number of para-hydroxylation sites is 1. The van der Waals surface area contributed by atoms with Gasteiger partial charge in [-0.05, 0) is 120 Å². The molecule has 2 nitrogen and oxygen atoms in total. The van der Waals surface area contributed by atoms with Crippen LogP contribution >= 0.6 is 0 Å². The van der Waals surface area contributed by atoms with E-state index in [4.69, 9.17) is 4.42 Å². The number of hydrogen-bond acceptors (Lipinski definition) is 2. The summed E-state index contributed by atoms with van der Waals surface area (Å²) in [7, 11) is 0. The Morgan fingerprint density at radius 2 is 1.05 bits per heavy atom. The normalized spacial score (nSPS) is 14.3. The molecule has 0 bridgehead atoms. The number of furan rings is 1. The average Bonchev–Trinajstić information content (AvgIpc) is 3.71. The Morgan fingerprint density at radius 1 is 0.439 bits per heavy atom. The van der Waals surface area contributed by atoms with Gasteiger partial charge in [0.15, 0.2) is 0 Å². The molecule has 66 heavy (non-hydrogen) atoms. The molecule has 1 aliphatic heterocycles. The van der Waals surface area contributed by atoms with E-state index >= 15 is 0 Å². The Labute approximate surface area is 388 Å². The highest BCUT2D eigenvalue weighted by atomic mass is 16.3. The highest BCUT2D eigenvalue weighted by Gasteiger charge is 2.41. The summed E-state index contributed by atoms with van der Waals surface area (Å²) >= 11 is 0. The molecule has 0 radical (unpaired) electrons. The van der Waals surface area contributed by atoms with Crippen LogP contribution in [-0.4, -0.2) is 0 Å². The van der Waals surface area contributed by atoms with Crippen LogP contribution in [0.15, 0.2) is 199 Å². The van der Waals surface area contributed by atoms with E-state index in [9.17, 15) is 0 Å². The van der Waals surface area contributed by atoms with Crippen molar-refractivity contribution >= 4 is 39.0 Å². The van der Waals surface area contributed by atoms with Gasteiger partial charge in [0.05, 0.1) is 17.1 Å². The minimum absolute atomic E-state index is 0.0172. The number of fused-ring (bicyclic) bond motifs is 7. The fourth-order valence-electron chi connectivity index (χ4n) is 10.8. The summed E-state index contributed by atoms with van der Waals surface area (Å²) in [6, 6.07) is 72.5. The first-order chi connectivity index (χ1) is 32.0. The van der Waals surface area contributed by atoms with Crippen molar-refractivity contribution in [2.75, 3.05) is 4.90 Å². The van der Waals surface area contributed by atoms with E-state index in [1.54, 1.807) is 0 Å². The van der Waals surface area contributed by atoms with Crippen LogP contribution < -0.4 is 4.90 Å². The summed E-state index contributed by atoms with van der Waals surface area (Å²) in [5.74, 6) is 0.0172. The van der Waals surface area contributed by atoms with Gasteiger partial charge in [0, 0.05) is 27.8 Å². The van der Waals surface area contributed by atoms with Crippen LogP contribution in [0, 0.1) is 0 Å². The molecule has 2 heteroatoms. The SMILES string of the molecule is CC(C)(C)c1ccc(-c2cc3c4c(c2)N(c2c(-c5ccccc5)cc5c(oc6ccccc65)c2-c2ccccc2)c2ccc(C(C)(C)C)cc2C4c2cc(-c4ccccc4)ccc2C3)cc1. The van der Waals surface area contributed by atoms with Crippen molar-refractivity contribution in [2.24, 2.45) is 0 Å². The zero-order valence-electron chi connectivity index (χ0n) is 38.6. The van der Waals surface area contributed by atoms with E-state index in [1.807, 2.05) is 0 Å². The summed E-state index contributed by atoms with van der Waals surface area (Å²) in [5.41, 5.74) is 24.3. The minimum atomic E-state index is -0.0625. The minimum Gasteiger partial charge on any atom is -0.455 e. The maximum atomic E-state index is 7.08. The Hall–Kier alpha value is -7.42. The van der Waals surface area contributed by atoms with Crippen molar-refractivity contribution in [1.82, 2.24) is 0 Å². The third-order valence-corrected chi connectivity index (χ3v) is 14.3. The second-order valence-corrected chi connectivity index (χ2v) is 20.5. The summed E-state index contributed by atoms with van der Waals surface area (Å²) in [6.45, 7) is 13.9. The molecular weight excluding hydrogens is 799 g/mol. The number of anilines is 3. The van der Waals surface area contributed by atoms with Crippen molar-refractivity contribution in [1.29, 1.82) is 0 Å². The van der Waals surface area contributed by atoms with Crippen LogP contribution in [-0.2, 0) is 17.3 Å². The zero-order chi connectivity index (χ0) is 44.9. The molecule has 10 aromatic rings. The molecule has 1 atom stereocenters. The molecule has 0 amide bonds. The lowest BCUT2D eigenvalue weighted by atomic mass is 9.69. The van der Waals surface area contributed by atoms with Crippen LogP contribution in [0.5, 0.6) is 0 Å². The standard InChI is InChI=1S/C64H53NO/c1-63(2,3)48-30-28-41(29-31-48)46-35-47-34-45-27-26-44(40-18-10-7-11-19-40)36-51(45)60-54-38-49(64(4,5)6)32-33-55(54)65(56(37-46)58(47)60)61-52(42-20-12-8-13-21-42)39-53-50-24-16-17-25-57(50)66-62(53)59(61)43-22-14-9-15-23-43/h7-33,35-39,60H,34H2,1-6H3. The molecule has 1 aliphatic carbocycles. The van der Waals surface area contributed by atoms with Gasteiger partial charge in [-0.1, -0.05) is 205 Å². The highest BCUT2D eigenvalue weighted by molar-refractivity contribution is 6.17. The fourth-order valence-corrected chi connectivity index (χ4v) is 10.8. The first-order valence-electron chi connectivity index (χ1n) is 23.5. The van der Waals surface area contributed by atoms with E-state index in [0.29, 0.717) is 0 Å². The quantitative estimate of drug-likeness (QED) is 0.172. The van der Waals surface area contributed by atoms with Gasteiger partial charge >= 0.3 is 0 Å². The molecule has 320 valence electrons. The van der Waals surface area contributed by atoms with E-state index in [0.717, 1.165) is 56.3 Å². The smallest absolute Gasteiger partial charge is 0.145 e. The van der Waals surface area contributed by atoms with Crippen LogP contribution in [0.1, 0.15) is 86.4 Å². The lowest BCUT2D eigenvalue weighted by Crippen LogP contribution is -2.28. The fraction of sp³-hybridized carbons (Fsp3) is 0.156. The summed E-state index contributed by atoms with van der Waals surface area (Å²) in [5, 5.41) is 2.23. The Morgan fingerprint density at radius 3 is 1.74 bits per heavy atom. The highest BCUT2D eigenvalue weighted by Crippen LogP contribution is 2.60. The van der Waals surface area contributed by atoms with E-state index < -0.39 is 0 Å². The third-order valence-electron chi connectivity index (χ3n) is 14.3. The van der Waals surface area contributed by atoms with Crippen molar-refractivity contribution < 1.29 is 4.42 Å². The summed E-state index contributed by atoms with van der Waals surface area (Å²) in [4.78, 5) is 2.63. The number of hydrogen-bond donors (Lipinski definition) is 0. The second kappa shape index (κ2) is 15.1. The number of rotatable bonds is 5. The van der Waals surface area contributed by atoms with E-state index in [-0.39, 0.29) is 16.7 Å². The van der Waals surface area contributed by atoms with Crippen molar-refractivity contribution in [3.05, 3.63) is 233 Å². The van der Waals surface area contributed by atoms with Gasteiger partial charge < -0.3 is 9.32 Å². The van der Waals surface area contributed by atoms with Gasteiger partial charge in [0.25, 0.3) is 0 Å². The number of nitrogens with zero attached hydrogens (tertiary/aromatic N) is 1. The lowest BCUT2D eigenvalue weighted by Gasteiger charge is -2.44. The van der Waals surface area contributed by atoms with E-state index in [2.05, 4.69) is 241 Å². The third kappa shape index (κ3) is 6.53. The maximum Gasteiger partial charge on any atom is 0.145 e. The lowest BCUT2D eigenvalue weighted by molar-refractivity contribution is 0.589. The molecule has 0 saturated carbocycles. The Kier molecular flexibility index (Phi) is 9.16. The van der Waals surface area contributed by atoms with E-state index in [1.165, 1.54) is 72.6 Å². The zero-order valence-corrected chi connectivity index (χ0v) is 38.6. The molecular formula is C64H53NO. The summed E-state index contributed by atoms with van der Waals surface area (Å²) < 4.78 is 7.08. The topological polar surface area (TPSA) is 16.4 Å². The van der Waals surface area contributed by atoms with Crippen LogP contribution in [0.4, 0.5) is 17.1 Å². The Balaban J connectivity index is 1.23. The van der Waals surface area contributed by atoms with Crippen LogP contribution in [0.25, 0.3) is 66.4 Å². The molecule has 0 saturated heterocycles. The average molecular weight is 852 g/mol. The Bertz CT molecular complexity index is 3490. The van der Waals surface area contributed by atoms with Gasteiger partial charge in [0.2, 0.25) is 0 Å². The predicted molar refractivity (Wildman–Crippen MR) is 278 cm³/mol. The molecule has 0 spiro atoms. The van der Waals surface area contributed by atoms with Gasteiger partial charge in [0.1, 0.15) is 11.2 Å². The molecule has 9 aromatic carbocycles. The number of benzene rings is 9. The molecule has 0 fully saturated rings. The van der Waals surface area contributed by atoms with Crippen molar-refractivity contribution in [3.8, 4) is 44.5 Å². The molecule has 0 N–H and O–H groups in total. The predicted octanol–water partition coefficient (Wildman–Crippen LogP) is 17.7. The van der Waals surface area contributed by atoms with Gasteiger partial charge in [-0.3, -0.25) is 0 Å². The van der Waals surface area contributed by atoms with Crippen LogP contribution in [0.2, 0.25) is 0 Å². The second-order valence-electron chi connectivity index (χ2n) is 20.5.